The Hall–Kier alpha value is -1.75. The fraction of sp³-hybridized carbons (Fsp3) is 0.385. The summed E-state index contributed by atoms with van der Waals surface area (Å²) < 4.78 is 5.05. The Kier molecular flexibility index (Phi) is 3.95. The molecule has 6 heteroatoms. The number of likely N-dealkylation sites (N-methyl/N-ethyl adjacent to an activating group) is 1. The first kappa shape index (κ1) is 13.7. The standard InChI is InChI=1S/C13H15ClN2O3/c1-3-16-12(17)7-10(13(16)18)15-8-4-5-11(19-2)9(14)6-8/h4-6,10,15H,3,7H2,1-2H3/t10-/m1/s1. The number of amides is 2. The highest BCUT2D eigenvalue weighted by atomic mass is 35.5. The molecular formula is C13H15ClN2O3. The Morgan fingerprint density at radius 1 is 1.47 bits per heavy atom. The fourth-order valence-corrected chi connectivity index (χ4v) is 2.34. The van der Waals surface area contributed by atoms with E-state index in [2.05, 4.69) is 5.32 Å². The van der Waals surface area contributed by atoms with Crippen LogP contribution in [0.2, 0.25) is 5.02 Å². The average molecular weight is 283 g/mol. The van der Waals surface area contributed by atoms with Crippen molar-refractivity contribution in [3.05, 3.63) is 23.2 Å². The molecule has 2 amide bonds. The molecule has 2 rings (SSSR count). The number of ether oxygens (including phenoxy) is 1. The molecule has 0 saturated carbocycles. The third-order valence-corrected chi connectivity index (χ3v) is 3.35. The molecule has 1 aromatic carbocycles. The quantitative estimate of drug-likeness (QED) is 0.857. The molecule has 0 spiro atoms. The van der Waals surface area contributed by atoms with Crippen LogP contribution in [0, 0.1) is 0 Å². The Balaban J connectivity index is 2.12. The number of hydrogen-bond donors (Lipinski definition) is 1. The monoisotopic (exact) mass is 282 g/mol. The minimum absolute atomic E-state index is 0.149. The molecule has 0 unspecified atom stereocenters. The predicted octanol–water partition coefficient (Wildman–Crippen LogP) is 1.91. The first-order chi connectivity index (χ1) is 9.06. The summed E-state index contributed by atoms with van der Waals surface area (Å²) in [4.78, 5) is 24.8. The second-order valence-electron chi connectivity index (χ2n) is 4.23. The largest absolute Gasteiger partial charge is 0.495 e. The first-order valence-electron chi connectivity index (χ1n) is 6.01. The van der Waals surface area contributed by atoms with Crippen LogP contribution in [-0.4, -0.2) is 36.4 Å². The Bertz CT molecular complexity index is 519. The maximum absolute atomic E-state index is 11.9. The van der Waals surface area contributed by atoms with Crippen LogP contribution >= 0.6 is 11.6 Å². The Labute approximate surface area is 116 Å². The summed E-state index contributed by atoms with van der Waals surface area (Å²) in [6.45, 7) is 2.18. The second-order valence-corrected chi connectivity index (χ2v) is 4.63. The molecule has 0 aromatic heterocycles. The number of anilines is 1. The van der Waals surface area contributed by atoms with E-state index in [0.29, 0.717) is 23.0 Å². The van der Waals surface area contributed by atoms with E-state index in [4.69, 9.17) is 16.3 Å². The number of nitrogens with zero attached hydrogens (tertiary/aromatic N) is 1. The van der Waals surface area contributed by atoms with Crippen LogP contribution in [0.3, 0.4) is 0 Å². The maximum atomic E-state index is 11.9. The third kappa shape index (κ3) is 2.66. The van der Waals surface area contributed by atoms with E-state index in [1.807, 2.05) is 0 Å². The number of carbonyl (C=O) groups excluding carboxylic acids is 2. The van der Waals surface area contributed by atoms with Crippen molar-refractivity contribution in [1.82, 2.24) is 4.90 Å². The number of hydrogen-bond acceptors (Lipinski definition) is 4. The van der Waals surface area contributed by atoms with E-state index in [9.17, 15) is 9.59 Å². The lowest BCUT2D eigenvalue weighted by Crippen LogP contribution is -2.34. The van der Waals surface area contributed by atoms with Gasteiger partial charge in [0.2, 0.25) is 5.91 Å². The van der Waals surface area contributed by atoms with Crippen molar-refractivity contribution < 1.29 is 14.3 Å². The van der Waals surface area contributed by atoms with Gasteiger partial charge < -0.3 is 10.1 Å². The summed E-state index contributed by atoms with van der Waals surface area (Å²) in [5.74, 6) is 0.222. The van der Waals surface area contributed by atoms with Gasteiger partial charge >= 0.3 is 0 Å². The molecule has 1 saturated heterocycles. The van der Waals surface area contributed by atoms with Crippen molar-refractivity contribution >= 4 is 29.1 Å². The van der Waals surface area contributed by atoms with Gasteiger partial charge in [-0.15, -0.1) is 0 Å². The molecule has 0 bridgehead atoms. The number of benzene rings is 1. The van der Waals surface area contributed by atoms with Crippen LogP contribution in [0.4, 0.5) is 5.69 Å². The molecule has 0 radical (unpaired) electrons. The van der Waals surface area contributed by atoms with Gasteiger partial charge in [-0.3, -0.25) is 14.5 Å². The van der Waals surface area contributed by atoms with Crippen molar-refractivity contribution in [3.63, 3.8) is 0 Å². The van der Waals surface area contributed by atoms with E-state index in [0.717, 1.165) is 0 Å². The Morgan fingerprint density at radius 3 is 2.74 bits per heavy atom. The van der Waals surface area contributed by atoms with Crippen LogP contribution in [0.25, 0.3) is 0 Å². The van der Waals surface area contributed by atoms with Crippen molar-refractivity contribution in [1.29, 1.82) is 0 Å². The van der Waals surface area contributed by atoms with Gasteiger partial charge in [-0.2, -0.15) is 0 Å². The molecule has 1 heterocycles. The molecule has 1 aliphatic heterocycles. The summed E-state index contributed by atoms with van der Waals surface area (Å²) in [6.07, 6.45) is 0.177. The zero-order valence-electron chi connectivity index (χ0n) is 10.8. The SMILES string of the molecule is CCN1C(=O)C[C@@H](Nc2ccc(OC)c(Cl)c2)C1=O. The third-order valence-electron chi connectivity index (χ3n) is 3.05. The lowest BCUT2D eigenvalue weighted by atomic mass is 10.2. The normalized spacial score (nSPS) is 18.9. The van der Waals surface area contributed by atoms with Gasteiger partial charge in [-0.05, 0) is 25.1 Å². The highest BCUT2D eigenvalue weighted by Crippen LogP contribution is 2.28. The summed E-state index contributed by atoms with van der Waals surface area (Å²) in [5, 5.41) is 3.48. The average Bonchev–Trinajstić information content (AvgIpc) is 2.64. The zero-order chi connectivity index (χ0) is 14.0. The van der Waals surface area contributed by atoms with Crippen LogP contribution in [0.1, 0.15) is 13.3 Å². The number of halogens is 1. The van der Waals surface area contributed by atoms with Gasteiger partial charge in [-0.25, -0.2) is 0 Å². The smallest absolute Gasteiger partial charge is 0.252 e. The van der Waals surface area contributed by atoms with Crippen molar-refractivity contribution in [2.24, 2.45) is 0 Å². The van der Waals surface area contributed by atoms with Crippen LogP contribution in [-0.2, 0) is 9.59 Å². The van der Waals surface area contributed by atoms with Gasteiger partial charge in [0.1, 0.15) is 11.8 Å². The molecule has 5 nitrogen and oxygen atoms in total. The van der Waals surface area contributed by atoms with Gasteiger partial charge in [0.25, 0.3) is 5.91 Å². The molecule has 102 valence electrons. The number of imide groups is 1. The lowest BCUT2D eigenvalue weighted by molar-refractivity contribution is -0.138. The highest BCUT2D eigenvalue weighted by Gasteiger charge is 2.37. The highest BCUT2D eigenvalue weighted by molar-refractivity contribution is 6.32. The van der Waals surface area contributed by atoms with Crippen molar-refractivity contribution in [2.45, 2.75) is 19.4 Å². The van der Waals surface area contributed by atoms with Crippen LogP contribution in [0.15, 0.2) is 18.2 Å². The van der Waals surface area contributed by atoms with Gasteiger partial charge in [0.15, 0.2) is 0 Å². The first-order valence-corrected chi connectivity index (χ1v) is 6.39. The molecule has 1 atom stereocenters. The summed E-state index contributed by atoms with van der Waals surface area (Å²) in [7, 11) is 1.53. The van der Waals surface area contributed by atoms with Crippen LogP contribution < -0.4 is 10.1 Å². The number of nitrogens with one attached hydrogen (secondary N) is 1. The lowest BCUT2D eigenvalue weighted by Gasteiger charge is -2.14. The van der Waals surface area contributed by atoms with Crippen molar-refractivity contribution in [3.8, 4) is 5.75 Å². The summed E-state index contributed by atoms with van der Waals surface area (Å²) in [6, 6.07) is 4.63. The van der Waals surface area contributed by atoms with E-state index in [1.165, 1.54) is 12.0 Å². The van der Waals surface area contributed by atoms with Gasteiger partial charge in [0, 0.05) is 12.2 Å². The zero-order valence-corrected chi connectivity index (χ0v) is 11.5. The number of rotatable bonds is 4. The maximum Gasteiger partial charge on any atom is 0.252 e. The van der Waals surface area contributed by atoms with Crippen molar-refractivity contribution in [2.75, 3.05) is 19.0 Å². The molecule has 1 aliphatic rings. The minimum atomic E-state index is -0.517. The van der Waals surface area contributed by atoms with Gasteiger partial charge in [-0.1, -0.05) is 11.6 Å². The second kappa shape index (κ2) is 5.48. The minimum Gasteiger partial charge on any atom is -0.495 e. The number of carbonyl (C=O) groups is 2. The molecule has 1 fully saturated rings. The number of methoxy groups -OCH3 is 1. The number of likely N-dealkylation sites (tertiary alicyclic amines) is 1. The molecule has 19 heavy (non-hydrogen) atoms. The van der Waals surface area contributed by atoms with E-state index in [-0.39, 0.29) is 18.2 Å². The molecule has 1 N–H and O–H groups in total. The van der Waals surface area contributed by atoms with Crippen LogP contribution in [0.5, 0.6) is 5.75 Å². The molecular weight excluding hydrogens is 268 g/mol. The van der Waals surface area contributed by atoms with Gasteiger partial charge in [0.05, 0.1) is 18.6 Å². The van der Waals surface area contributed by atoms with E-state index in [1.54, 1.807) is 25.1 Å². The van der Waals surface area contributed by atoms with E-state index >= 15 is 0 Å². The Morgan fingerprint density at radius 2 is 2.21 bits per heavy atom. The topological polar surface area (TPSA) is 58.6 Å². The molecule has 0 aliphatic carbocycles. The van der Waals surface area contributed by atoms with E-state index < -0.39 is 6.04 Å². The predicted molar refractivity (Wildman–Crippen MR) is 72.4 cm³/mol. The summed E-state index contributed by atoms with van der Waals surface area (Å²) in [5.41, 5.74) is 0.690. The summed E-state index contributed by atoms with van der Waals surface area (Å²) >= 11 is 6.01. The molecule has 1 aromatic rings. The fourth-order valence-electron chi connectivity index (χ4n) is 2.09.